The smallest absolute Gasteiger partial charge is 1.00 e. The second kappa shape index (κ2) is 13.0. The Labute approximate surface area is 304 Å². The average molecular weight is 647 g/mol. The molecule has 0 spiro atoms. The van der Waals surface area contributed by atoms with Crippen LogP contribution in [0.1, 0.15) is 41.0 Å². The quantitative estimate of drug-likeness (QED) is 0.188. The van der Waals surface area contributed by atoms with Gasteiger partial charge in [0.2, 0.25) is 0 Å². The fourth-order valence-electron chi connectivity index (χ4n) is 5.36. The molecule has 1 fully saturated rings. The summed E-state index contributed by atoms with van der Waals surface area (Å²) >= 11 is 1.48. The van der Waals surface area contributed by atoms with Gasteiger partial charge in [-0.1, -0.05) is 65.8 Å². The summed E-state index contributed by atoms with van der Waals surface area (Å²) in [4.78, 5) is 56.5. The van der Waals surface area contributed by atoms with Crippen LogP contribution in [0.15, 0.2) is 97.8 Å². The van der Waals surface area contributed by atoms with Gasteiger partial charge in [-0.05, 0) is 53.6 Å². The topological polar surface area (TPSA) is 129 Å². The van der Waals surface area contributed by atoms with Crippen molar-refractivity contribution in [3.63, 3.8) is 0 Å². The van der Waals surface area contributed by atoms with Gasteiger partial charge in [-0.2, -0.15) is 0 Å². The molecule has 1 aliphatic carbocycles. The molecule has 6 aromatic rings. The summed E-state index contributed by atoms with van der Waals surface area (Å²) in [6, 6.07) is 23.8. The number of hydrogen-bond acceptors (Lipinski definition) is 8. The van der Waals surface area contributed by atoms with Gasteiger partial charge in [-0.15, -0.1) is 11.3 Å². The number of hydrogen-bond donors (Lipinski definition) is 1. The molecule has 222 valence electrons. The maximum atomic E-state index is 13.9. The zero-order valence-corrected chi connectivity index (χ0v) is 28.6. The van der Waals surface area contributed by atoms with E-state index in [0.29, 0.717) is 38.8 Å². The number of carbonyl (C=O) groups excluding carboxylic acids is 1. The molecule has 3 aromatic heterocycles. The van der Waals surface area contributed by atoms with Crippen molar-refractivity contribution < 1.29 is 66.9 Å². The number of rotatable bonds is 9. The summed E-state index contributed by atoms with van der Waals surface area (Å²) in [5.41, 5.74) is 2.65. The zero-order chi connectivity index (χ0) is 30.4. The number of fused-ring (bicyclic) bond motifs is 1. The second-order valence-electron chi connectivity index (χ2n) is 10.7. The average Bonchev–Trinajstić information content (AvgIpc) is 3.66. The first-order valence-corrected chi connectivity index (χ1v) is 14.9. The molecule has 0 saturated heterocycles. The normalized spacial score (nSPS) is 12.6. The number of carbonyl (C=O) groups is 1. The van der Waals surface area contributed by atoms with Crippen molar-refractivity contribution in [1.82, 2.24) is 19.3 Å². The van der Waals surface area contributed by atoms with Crippen molar-refractivity contribution in [3.05, 3.63) is 126 Å². The van der Waals surface area contributed by atoms with E-state index in [0.717, 1.165) is 39.0 Å². The Hall–Kier alpha value is -3.65. The van der Waals surface area contributed by atoms with E-state index in [1.165, 1.54) is 18.4 Å². The van der Waals surface area contributed by atoms with Crippen LogP contribution in [0.5, 0.6) is 5.75 Å². The molecule has 3 aromatic carbocycles. The summed E-state index contributed by atoms with van der Waals surface area (Å²) in [6.45, 7) is -0.165. The van der Waals surface area contributed by atoms with Crippen LogP contribution in [0.3, 0.4) is 0 Å². The van der Waals surface area contributed by atoms with Gasteiger partial charge in [0.25, 0.3) is 5.56 Å². The van der Waals surface area contributed by atoms with Crippen molar-refractivity contribution in [3.8, 4) is 28.3 Å². The van der Waals surface area contributed by atoms with E-state index in [-0.39, 0.29) is 71.7 Å². The van der Waals surface area contributed by atoms with Crippen LogP contribution in [0.2, 0.25) is 0 Å². The van der Waals surface area contributed by atoms with E-state index >= 15 is 0 Å². The number of benzene rings is 3. The number of aromatic nitrogens is 4. The third-order valence-corrected chi connectivity index (χ3v) is 9.14. The van der Waals surface area contributed by atoms with Crippen molar-refractivity contribution in [2.24, 2.45) is 0 Å². The molecule has 1 saturated carbocycles. The van der Waals surface area contributed by atoms with Crippen molar-refractivity contribution >= 4 is 27.3 Å². The van der Waals surface area contributed by atoms with E-state index < -0.39 is 17.0 Å². The van der Waals surface area contributed by atoms with Crippen LogP contribution >= 0.6 is 11.3 Å². The number of thiophene rings is 1. The third-order valence-electron chi connectivity index (χ3n) is 7.82. The first kappa shape index (κ1) is 31.3. The molecule has 0 atom stereocenters. The number of Topliss-reactive ketones (excluding diaryl/α,β-unsaturated/α-hetero) is 1. The van der Waals surface area contributed by atoms with Crippen LogP contribution in [-0.2, 0) is 13.1 Å². The Morgan fingerprint density at radius 2 is 1.76 bits per heavy atom. The van der Waals surface area contributed by atoms with Gasteiger partial charge in [0.1, 0.15) is 10.6 Å². The Kier molecular flexibility index (Phi) is 9.04. The number of methoxy groups -OCH3 is 1. The van der Waals surface area contributed by atoms with Crippen LogP contribution in [0, 0.1) is 0 Å². The molecule has 0 radical (unpaired) electrons. The molecule has 1 aliphatic rings. The molecule has 3 heterocycles. The minimum atomic E-state index is -0.633. The van der Waals surface area contributed by atoms with Crippen LogP contribution in [-0.4, -0.2) is 32.2 Å². The first-order valence-electron chi connectivity index (χ1n) is 14.1. The molecule has 1 N–H and O–H groups in total. The molecule has 12 heteroatoms. The molecular formula is C33H27KN4O6S. The van der Waals surface area contributed by atoms with Crippen LogP contribution in [0.4, 0.5) is 0 Å². The summed E-state index contributed by atoms with van der Waals surface area (Å²) in [5.74, 6) is 0.262. The summed E-state index contributed by atoms with van der Waals surface area (Å²) in [7, 11) is 1.51. The van der Waals surface area contributed by atoms with Crippen LogP contribution in [0.25, 0.3) is 32.7 Å². The van der Waals surface area contributed by atoms with Crippen molar-refractivity contribution in [2.75, 3.05) is 7.11 Å². The Bertz CT molecular complexity index is 2230. The van der Waals surface area contributed by atoms with Gasteiger partial charge in [0, 0.05) is 16.0 Å². The molecule has 7 rings (SSSR count). The predicted molar refractivity (Wildman–Crippen MR) is 168 cm³/mol. The van der Waals surface area contributed by atoms with Gasteiger partial charge in [0.15, 0.2) is 11.6 Å². The molecule has 0 unspecified atom stereocenters. The Morgan fingerprint density at radius 3 is 2.44 bits per heavy atom. The Balaban J connectivity index is 0.00000208. The van der Waals surface area contributed by atoms with Crippen LogP contribution < -0.4 is 73.1 Å². The molecule has 45 heavy (non-hydrogen) atoms. The molecule has 0 bridgehead atoms. The van der Waals surface area contributed by atoms with E-state index in [9.17, 15) is 19.2 Å². The Morgan fingerprint density at radius 1 is 1.00 bits per heavy atom. The van der Waals surface area contributed by atoms with E-state index in [1.807, 2.05) is 54.6 Å². The minimum absolute atomic E-state index is 0. The van der Waals surface area contributed by atoms with Gasteiger partial charge < -0.3 is 6.16 Å². The fraction of sp³-hybridized carbons (Fsp3) is 0.182. The zero-order valence-electron chi connectivity index (χ0n) is 25.6. The summed E-state index contributed by atoms with van der Waals surface area (Å²) < 4.78 is 12.6. The van der Waals surface area contributed by atoms with Crippen molar-refractivity contribution in [1.29, 1.82) is 0 Å². The van der Waals surface area contributed by atoms with Gasteiger partial charge in [-0.25, -0.2) is 9.59 Å². The fourth-order valence-corrected chi connectivity index (χ4v) is 6.67. The van der Waals surface area contributed by atoms with Crippen molar-refractivity contribution in [2.45, 2.75) is 31.8 Å². The number of ether oxygens (including phenoxy) is 1. The molecule has 0 amide bonds. The maximum absolute atomic E-state index is 13.9. The predicted octanol–water partition coefficient (Wildman–Crippen LogP) is 2.17. The van der Waals surface area contributed by atoms with Gasteiger partial charge in [-0.3, -0.25) is 28.2 Å². The number of aromatic amines is 1. The summed E-state index contributed by atoms with van der Waals surface area (Å²) in [6.07, 6.45) is 2.12. The number of H-pyrrole nitrogens is 1. The molecular weight excluding hydrogens is 620 g/mol. The van der Waals surface area contributed by atoms with Gasteiger partial charge >= 0.3 is 62.8 Å². The second-order valence-corrected chi connectivity index (χ2v) is 11.8. The third kappa shape index (κ3) is 6.26. The largest absolute Gasteiger partial charge is 1.00 e. The maximum Gasteiger partial charge on any atom is 1.00 e. The monoisotopic (exact) mass is 646 g/mol. The summed E-state index contributed by atoms with van der Waals surface area (Å²) in [5, 5.41) is 4.27. The number of nitrogens with one attached hydrogen (secondary N) is 1. The van der Waals surface area contributed by atoms with E-state index in [1.54, 1.807) is 28.8 Å². The number of ketones is 1. The van der Waals surface area contributed by atoms with E-state index in [4.69, 9.17) is 9.26 Å². The minimum Gasteiger partial charge on any atom is -1.00 e. The van der Waals surface area contributed by atoms with Gasteiger partial charge in [0.05, 0.1) is 25.6 Å². The van der Waals surface area contributed by atoms with E-state index in [2.05, 4.69) is 10.1 Å². The first-order chi connectivity index (χ1) is 21.4. The number of nitrogens with zero attached hydrogens (tertiary/aromatic N) is 3. The standard InChI is InChI=1S/C33H26N4O6S.K.H/c1-42-23-6-4-5-22(15-23)27(38)18-36-30(39)26-16-28(21-13-14-21)44-31(26)37(33(36)41)17-19-9-11-20(12-10-19)24-7-2-3-8-25(24)29-34-32(40)43-35-29;;/h2-12,15-16,21H,13-14,17-18H2,1H3,(H,34,35,40);;/q;+1;-1. The molecule has 0 aliphatic heterocycles. The SMILES string of the molecule is COc1cccc(C(=O)Cn2c(=O)c3cc(C4CC4)sc3n(Cc3ccc(-c4ccccc4-c4noc(=O)[nH]4)cc3)c2=O)c1.[H-].[K+]. The molecule has 10 nitrogen and oxygen atoms in total.